The van der Waals surface area contributed by atoms with Crippen molar-refractivity contribution in [2.75, 3.05) is 46.0 Å². The lowest BCUT2D eigenvalue weighted by atomic mass is 9.94. The largest absolute Gasteiger partial charge is 0.492 e. The van der Waals surface area contributed by atoms with Crippen LogP contribution in [-0.2, 0) is 11.3 Å². The molecule has 3 fully saturated rings. The van der Waals surface area contributed by atoms with E-state index in [1.165, 1.54) is 50.8 Å². The van der Waals surface area contributed by atoms with Gasteiger partial charge in [0.1, 0.15) is 12.4 Å². The van der Waals surface area contributed by atoms with E-state index >= 15 is 0 Å². The van der Waals surface area contributed by atoms with E-state index in [2.05, 4.69) is 39.8 Å². The van der Waals surface area contributed by atoms with Crippen molar-refractivity contribution in [1.29, 1.82) is 0 Å². The highest BCUT2D eigenvalue weighted by molar-refractivity contribution is 5.27. The normalized spacial score (nSPS) is 29.3. The first-order valence-corrected chi connectivity index (χ1v) is 10.9. The molecule has 3 atom stereocenters. The van der Waals surface area contributed by atoms with Gasteiger partial charge in [-0.3, -0.25) is 4.90 Å². The Morgan fingerprint density at radius 1 is 1.11 bits per heavy atom. The second kappa shape index (κ2) is 9.87. The Kier molecular flexibility index (Phi) is 7.02. The summed E-state index contributed by atoms with van der Waals surface area (Å²) in [6.45, 7) is 7.95. The highest BCUT2D eigenvalue weighted by Gasteiger charge is 2.34. The molecule has 3 aliphatic rings. The van der Waals surface area contributed by atoms with Crippen molar-refractivity contribution >= 4 is 0 Å². The minimum atomic E-state index is 0.519. The van der Waals surface area contributed by atoms with Gasteiger partial charge in [-0.2, -0.15) is 0 Å². The molecular weight excluding hydrogens is 338 g/mol. The summed E-state index contributed by atoms with van der Waals surface area (Å²) in [5.41, 5.74) is 1.33. The van der Waals surface area contributed by atoms with Crippen molar-refractivity contribution in [2.24, 2.45) is 5.92 Å². The van der Waals surface area contributed by atoms with Gasteiger partial charge in [-0.05, 0) is 62.4 Å². The molecule has 5 nitrogen and oxygen atoms in total. The number of rotatable bonds is 8. The predicted molar refractivity (Wildman–Crippen MR) is 108 cm³/mol. The first kappa shape index (κ1) is 19.2. The summed E-state index contributed by atoms with van der Waals surface area (Å²) in [5, 5.41) is 7.45. The molecule has 5 heteroatoms. The molecule has 0 amide bonds. The van der Waals surface area contributed by atoms with Gasteiger partial charge in [0.25, 0.3) is 0 Å². The van der Waals surface area contributed by atoms with Gasteiger partial charge in [-0.15, -0.1) is 0 Å². The molecule has 2 saturated heterocycles. The summed E-state index contributed by atoms with van der Waals surface area (Å²) < 4.78 is 11.6. The average Bonchev–Trinajstić information content (AvgIpc) is 3.40. The van der Waals surface area contributed by atoms with Crippen molar-refractivity contribution in [3.8, 4) is 5.75 Å². The van der Waals surface area contributed by atoms with E-state index in [0.29, 0.717) is 18.0 Å². The summed E-state index contributed by atoms with van der Waals surface area (Å²) in [6, 6.07) is 9.74. The van der Waals surface area contributed by atoms with Crippen molar-refractivity contribution in [2.45, 2.75) is 50.7 Å². The number of hydrogen-bond acceptors (Lipinski definition) is 5. The van der Waals surface area contributed by atoms with E-state index < -0.39 is 0 Å². The maximum atomic E-state index is 5.91. The highest BCUT2D eigenvalue weighted by atomic mass is 16.5. The molecule has 1 saturated carbocycles. The van der Waals surface area contributed by atoms with Crippen LogP contribution in [-0.4, -0.2) is 63.0 Å². The van der Waals surface area contributed by atoms with Gasteiger partial charge in [0.05, 0.1) is 13.2 Å². The first-order valence-electron chi connectivity index (χ1n) is 10.9. The molecule has 0 spiro atoms. The molecule has 2 heterocycles. The molecule has 1 aromatic carbocycles. The standard InChI is InChI=1S/C22H35N3O2/c1-2-12-25(11-1)13-15-27-19-8-6-18(7-9-19)16-24-21-5-3-4-20(21)22-17-26-14-10-23-22/h6-9,20-24H,1-5,10-17H2. The van der Waals surface area contributed by atoms with E-state index in [-0.39, 0.29) is 0 Å². The molecule has 4 rings (SSSR count). The smallest absolute Gasteiger partial charge is 0.119 e. The zero-order valence-corrected chi connectivity index (χ0v) is 16.5. The van der Waals surface area contributed by atoms with Gasteiger partial charge in [0.15, 0.2) is 0 Å². The Hall–Kier alpha value is -1.14. The van der Waals surface area contributed by atoms with Gasteiger partial charge in [-0.1, -0.05) is 18.6 Å². The van der Waals surface area contributed by atoms with Crippen LogP contribution < -0.4 is 15.4 Å². The van der Waals surface area contributed by atoms with Crippen molar-refractivity contribution in [3.63, 3.8) is 0 Å². The zero-order valence-electron chi connectivity index (χ0n) is 16.5. The van der Waals surface area contributed by atoms with Gasteiger partial charge < -0.3 is 20.1 Å². The molecule has 150 valence electrons. The average molecular weight is 374 g/mol. The number of ether oxygens (including phenoxy) is 2. The fraction of sp³-hybridized carbons (Fsp3) is 0.727. The third-order valence-corrected chi connectivity index (χ3v) is 6.40. The molecule has 3 unspecified atom stereocenters. The zero-order chi connectivity index (χ0) is 18.3. The van der Waals surface area contributed by atoms with Crippen LogP contribution in [0.25, 0.3) is 0 Å². The summed E-state index contributed by atoms with van der Waals surface area (Å²) in [6.07, 6.45) is 6.59. The number of likely N-dealkylation sites (tertiary alicyclic amines) is 1. The Labute approximate surface area is 163 Å². The fourth-order valence-electron chi connectivity index (χ4n) is 4.84. The summed E-state index contributed by atoms with van der Waals surface area (Å²) in [7, 11) is 0. The Bertz CT molecular complexity index is 553. The SMILES string of the molecule is c1cc(OCCN2CCCC2)ccc1CNC1CCCC1C1COCCN1. The molecule has 0 bridgehead atoms. The van der Waals surface area contributed by atoms with Crippen LogP contribution in [0, 0.1) is 5.92 Å². The van der Waals surface area contributed by atoms with Gasteiger partial charge in [0, 0.05) is 31.7 Å². The maximum Gasteiger partial charge on any atom is 0.119 e. The summed E-state index contributed by atoms with van der Waals surface area (Å²) in [4.78, 5) is 2.49. The molecule has 2 aliphatic heterocycles. The minimum Gasteiger partial charge on any atom is -0.492 e. The van der Waals surface area contributed by atoms with E-state index in [1.807, 2.05) is 0 Å². The third-order valence-electron chi connectivity index (χ3n) is 6.40. The molecule has 2 N–H and O–H groups in total. The lowest BCUT2D eigenvalue weighted by Crippen LogP contribution is -2.50. The van der Waals surface area contributed by atoms with Gasteiger partial charge >= 0.3 is 0 Å². The lowest BCUT2D eigenvalue weighted by molar-refractivity contribution is 0.0524. The number of nitrogens with zero attached hydrogens (tertiary/aromatic N) is 1. The first-order chi connectivity index (χ1) is 13.4. The second-order valence-electron chi connectivity index (χ2n) is 8.26. The number of benzene rings is 1. The van der Waals surface area contributed by atoms with Crippen molar-refractivity contribution in [3.05, 3.63) is 29.8 Å². The number of hydrogen-bond donors (Lipinski definition) is 2. The van der Waals surface area contributed by atoms with Gasteiger partial charge in [0.2, 0.25) is 0 Å². The van der Waals surface area contributed by atoms with Crippen molar-refractivity contribution < 1.29 is 9.47 Å². The summed E-state index contributed by atoms with van der Waals surface area (Å²) >= 11 is 0. The second-order valence-corrected chi connectivity index (χ2v) is 8.26. The van der Waals surface area contributed by atoms with Crippen molar-refractivity contribution in [1.82, 2.24) is 15.5 Å². The molecule has 1 aliphatic carbocycles. The lowest BCUT2D eigenvalue weighted by Gasteiger charge is -2.33. The molecule has 1 aromatic rings. The Morgan fingerprint density at radius 3 is 2.74 bits per heavy atom. The maximum absolute atomic E-state index is 5.91. The van der Waals surface area contributed by atoms with Crippen LogP contribution in [0.4, 0.5) is 0 Å². The minimum absolute atomic E-state index is 0.519. The van der Waals surface area contributed by atoms with Crippen LogP contribution >= 0.6 is 0 Å². The summed E-state index contributed by atoms with van der Waals surface area (Å²) in [5.74, 6) is 1.68. The highest BCUT2D eigenvalue weighted by Crippen LogP contribution is 2.29. The molecular formula is C22H35N3O2. The molecule has 0 aromatic heterocycles. The topological polar surface area (TPSA) is 45.8 Å². The van der Waals surface area contributed by atoms with Crippen LogP contribution in [0.3, 0.4) is 0 Å². The van der Waals surface area contributed by atoms with E-state index in [0.717, 1.165) is 45.2 Å². The number of nitrogens with one attached hydrogen (secondary N) is 2. The monoisotopic (exact) mass is 373 g/mol. The quantitative estimate of drug-likeness (QED) is 0.733. The van der Waals surface area contributed by atoms with E-state index in [4.69, 9.17) is 9.47 Å². The fourth-order valence-corrected chi connectivity index (χ4v) is 4.84. The number of morpholine rings is 1. The van der Waals surface area contributed by atoms with E-state index in [9.17, 15) is 0 Å². The van der Waals surface area contributed by atoms with Crippen LogP contribution in [0.5, 0.6) is 5.75 Å². The van der Waals surface area contributed by atoms with E-state index in [1.54, 1.807) is 0 Å². The molecule has 27 heavy (non-hydrogen) atoms. The third kappa shape index (κ3) is 5.44. The van der Waals surface area contributed by atoms with Crippen LogP contribution in [0.1, 0.15) is 37.7 Å². The van der Waals surface area contributed by atoms with Crippen LogP contribution in [0.15, 0.2) is 24.3 Å². The van der Waals surface area contributed by atoms with Gasteiger partial charge in [-0.25, -0.2) is 0 Å². The van der Waals surface area contributed by atoms with Crippen LogP contribution in [0.2, 0.25) is 0 Å². The Balaban J connectivity index is 1.20. The predicted octanol–water partition coefficient (Wildman–Crippen LogP) is 2.41. The molecule has 0 radical (unpaired) electrons. The Morgan fingerprint density at radius 2 is 1.96 bits per heavy atom.